The summed E-state index contributed by atoms with van der Waals surface area (Å²) in [5.41, 5.74) is 4.57. The van der Waals surface area contributed by atoms with Gasteiger partial charge in [0.05, 0.1) is 38.8 Å². The van der Waals surface area contributed by atoms with Crippen molar-refractivity contribution in [2.45, 2.75) is 77.6 Å². The van der Waals surface area contributed by atoms with E-state index in [9.17, 15) is 9.59 Å². The fourth-order valence-corrected chi connectivity index (χ4v) is 8.05. The maximum absolute atomic E-state index is 11.5. The summed E-state index contributed by atoms with van der Waals surface area (Å²) in [6.07, 6.45) is 10.4. The van der Waals surface area contributed by atoms with Crippen LogP contribution in [0.3, 0.4) is 0 Å². The van der Waals surface area contributed by atoms with Crippen LogP contribution >= 0.6 is 12.4 Å². The lowest BCUT2D eigenvalue weighted by Gasteiger charge is -2.25. The largest absolute Gasteiger partial charge is 0.495 e. The molecule has 348 valence electrons. The lowest BCUT2D eigenvalue weighted by atomic mass is 10.1. The van der Waals surface area contributed by atoms with Crippen molar-refractivity contribution in [1.82, 2.24) is 20.2 Å². The molecule has 64 heavy (non-hydrogen) atoms. The van der Waals surface area contributed by atoms with Gasteiger partial charge < -0.3 is 49.6 Å². The molecule has 0 spiro atoms. The number of fused-ring (bicyclic) bond motifs is 2. The van der Waals surface area contributed by atoms with Gasteiger partial charge in [-0.05, 0) is 112 Å². The number of rotatable bonds is 15. The second-order valence-electron chi connectivity index (χ2n) is 16.1. The van der Waals surface area contributed by atoms with E-state index in [1.54, 1.807) is 14.2 Å². The van der Waals surface area contributed by atoms with Crippen LogP contribution in [0.25, 0.3) is 0 Å². The highest BCUT2D eigenvalue weighted by molar-refractivity contribution is 5.93. The summed E-state index contributed by atoms with van der Waals surface area (Å²) >= 11 is 0. The predicted molar refractivity (Wildman–Crippen MR) is 258 cm³/mol. The molecule has 8 rings (SSSR count). The van der Waals surface area contributed by atoms with E-state index < -0.39 is 0 Å². The highest BCUT2D eigenvalue weighted by atomic mass is 35.5. The van der Waals surface area contributed by atoms with Gasteiger partial charge in [0.25, 0.3) is 0 Å². The molecule has 0 atom stereocenters. The Morgan fingerprint density at radius 2 is 1.12 bits per heavy atom. The Bertz CT molecular complexity index is 2030. The van der Waals surface area contributed by atoms with E-state index in [0.717, 1.165) is 120 Å². The van der Waals surface area contributed by atoms with Crippen LogP contribution in [0.5, 0.6) is 23.3 Å². The zero-order valence-corrected chi connectivity index (χ0v) is 38.9. The van der Waals surface area contributed by atoms with Gasteiger partial charge in [0.15, 0.2) is 0 Å². The van der Waals surface area contributed by atoms with Crippen LogP contribution in [0.1, 0.15) is 75.8 Å². The van der Waals surface area contributed by atoms with Crippen molar-refractivity contribution >= 4 is 47.2 Å². The van der Waals surface area contributed by atoms with Crippen LogP contribution in [0.2, 0.25) is 0 Å². The lowest BCUT2D eigenvalue weighted by molar-refractivity contribution is -0.117. The summed E-state index contributed by atoms with van der Waals surface area (Å²) in [6.45, 7) is 13.2. The molecule has 2 aromatic heterocycles. The SMILES string of the molecule is CCCCCOc1ccc2c(n1)NC(=O)CC2.COc1ccccc1N1CCCN(CCCCOc2ccc3c(n2)NC(=O)CC3)CC1.COc1ccccc1N1CCCNCC1.Cl. The van der Waals surface area contributed by atoms with E-state index in [0.29, 0.717) is 49.5 Å². The summed E-state index contributed by atoms with van der Waals surface area (Å²) in [7, 11) is 3.47. The molecule has 6 heterocycles. The second-order valence-corrected chi connectivity index (χ2v) is 16.1. The first-order chi connectivity index (χ1) is 30.9. The van der Waals surface area contributed by atoms with Crippen LogP contribution in [0, 0.1) is 0 Å². The topological polar surface area (TPSA) is 143 Å². The Kier molecular flexibility index (Phi) is 21.1. The van der Waals surface area contributed by atoms with Gasteiger partial charge in [-0.2, -0.15) is 9.97 Å². The molecule has 0 unspecified atom stereocenters. The van der Waals surface area contributed by atoms with Crippen LogP contribution < -0.4 is 44.7 Å². The zero-order valence-electron chi connectivity index (χ0n) is 38.1. The van der Waals surface area contributed by atoms with Gasteiger partial charge in [-0.25, -0.2) is 0 Å². The van der Waals surface area contributed by atoms with Crippen molar-refractivity contribution in [2.24, 2.45) is 0 Å². The number of unbranched alkanes of at least 4 members (excludes halogenated alkanes) is 3. The summed E-state index contributed by atoms with van der Waals surface area (Å²) in [6, 6.07) is 24.3. The molecule has 2 fully saturated rings. The van der Waals surface area contributed by atoms with E-state index in [1.165, 1.54) is 30.6 Å². The number of ether oxygens (including phenoxy) is 4. The second kappa shape index (κ2) is 27.1. The first kappa shape index (κ1) is 49.7. The molecule has 2 amide bonds. The number of para-hydroxylation sites is 4. The summed E-state index contributed by atoms with van der Waals surface area (Å²) in [5.74, 6) is 4.48. The van der Waals surface area contributed by atoms with Crippen molar-refractivity contribution in [3.8, 4) is 23.3 Å². The number of nitrogens with one attached hydrogen (secondary N) is 3. The number of carbonyl (C=O) groups is 2. The molecular formula is C49H69ClN8O6. The molecule has 15 heteroatoms. The number of hydrogen-bond acceptors (Lipinski definition) is 12. The number of pyridine rings is 2. The van der Waals surface area contributed by atoms with Crippen molar-refractivity contribution in [3.05, 3.63) is 83.9 Å². The van der Waals surface area contributed by atoms with E-state index in [4.69, 9.17) is 18.9 Å². The maximum atomic E-state index is 11.5. The monoisotopic (exact) mass is 901 g/mol. The van der Waals surface area contributed by atoms with Crippen molar-refractivity contribution in [3.63, 3.8) is 0 Å². The van der Waals surface area contributed by atoms with Gasteiger partial charge in [0.2, 0.25) is 23.6 Å². The number of methoxy groups -OCH3 is 2. The van der Waals surface area contributed by atoms with Crippen LogP contribution in [-0.2, 0) is 22.4 Å². The van der Waals surface area contributed by atoms with Crippen LogP contribution in [0.15, 0.2) is 72.8 Å². The Morgan fingerprint density at radius 1 is 0.578 bits per heavy atom. The van der Waals surface area contributed by atoms with E-state index >= 15 is 0 Å². The molecule has 2 aromatic carbocycles. The smallest absolute Gasteiger partial charge is 0.225 e. The zero-order chi connectivity index (χ0) is 44.1. The molecule has 2 saturated heterocycles. The van der Waals surface area contributed by atoms with E-state index in [-0.39, 0.29) is 24.2 Å². The predicted octanol–water partition coefficient (Wildman–Crippen LogP) is 7.80. The number of benzene rings is 2. The highest BCUT2D eigenvalue weighted by Gasteiger charge is 2.20. The first-order valence-electron chi connectivity index (χ1n) is 23.0. The molecule has 0 bridgehead atoms. The van der Waals surface area contributed by atoms with Crippen LogP contribution in [-0.4, -0.2) is 113 Å². The van der Waals surface area contributed by atoms with Gasteiger partial charge in [-0.15, -0.1) is 12.4 Å². The Balaban J connectivity index is 0.000000197. The fraction of sp³-hybridized carbons (Fsp3) is 0.510. The minimum absolute atomic E-state index is 0. The van der Waals surface area contributed by atoms with Gasteiger partial charge in [-0.1, -0.05) is 44.0 Å². The number of carbonyl (C=O) groups excluding carboxylic acids is 2. The van der Waals surface area contributed by atoms with Crippen molar-refractivity contribution in [2.75, 3.05) is 107 Å². The molecule has 0 saturated carbocycles. The molecule has 0 radical (unpaired) electrons. The van der Waals surface area contributed by atoms with Crippen molar-refractivity contribution in [1.29, 1.82) is 0 Å². The Labute approximate surface area is 386 Å². The maximum Gasteiger partial charge on any atom is 0.225 e. The molecule has 4 aromatic rings. The molecule has 3 N–H and O–H groups in total. The number of halogens is 1. The molecule has 14 nitrogen and oxygen atoms in total. The van der Waals surface area contributed by atoms with Gasteiger partial charge in [0.1, 0.15) is 23.1 Å². The normalized spacial score (nSPS) is 16.0. The van der Waals surface area contributed by atoms with Gasteiger partial charge >= 0.3 is 0 Å². The molecular weight excluding hydrogens is 832 g/mol. The third-order valence-electron chi connectivity index (χ3n) is 11.6. The average Bonchev–Trinajstić information content (AvgIpc) is 3.74. The molecule has 4 aliphatic rings. The minimum atomic E-state index is 0. The molecule has 4 aliphatic heterocycles. The number of hydrogen-bond donors (Lipinski definition) is 3. The fourth-order valence-electron chi connectivity index (χ4n) is 8.05. The van der Waals surface area contributed by atoms with Gasteiger partial charge in [-0.3, -0.25) is 9.59 Å². The third kappa shape index (κ3) is 15.4. The first-order valence-corrected chi connectivity index (χ1v) is 23.0. The average molecular weight is 902 g/mol. The standard InChI is InChI=1S/C24H32N4O3.C13H18N2O2.C12H18N2O.ClH/c1-30-21-8-3-2-7-20(21)28-15-6-14-27(16-17-28)13-4-5-18-31-23-12-10-19-9-11-22(29)25-24(19)26-23;1-2-3-4-9-17-12-8-6-10-5-7-11(16)14-13(10)15-12;1-15-12-6-3-2-5-11(12)14-9-4-7-13-8-10-14;/h2-3,7-8,10,12H,4-6,9,11,13-18H2,1H3,(H,25,26,29);6,8H,2-5,7,9H2,1H3,(H,14,15,16);2-3,5-6,13H,4,7-10H2,1H3;1H. The van der Waals surface area contributed by atoms with E-state index in [1.807, 2.05) is 48.5 Å². The number of anilines is 4. The number of nitrogens with zero attached hydrogens (tertiary/aromatic N) is 5. The summed E-state index contributed by atoms with van der Waals surface area (Å²) < 4.78 is 22.3. The number of aryl methyl sites for hydroxylation is 2. The minimum Gasteiger partial charge on any atom is -0.495 e. The molecule has 0 aliphatic carbocycles. The summed E-state index contributed by atoms with van der Waals surface area (Å²) in [5, 5.41) is 9.00. The lowest BCUT2D eigenvalue weighted by Crippen LogP contribution is -2.31. The Hall–Kier alpha value is -5.31. The Morgan fingerprint density at radius 3 is 1.70 bits per heavy atom. The summed E-state index contributed by atoms with van der Waals surface area (Å²) in [4.78, 5) is 38.9. The van der Waals surface area contributed by atoms with Gasteiger partial charge in [0, 0.05) is 64.2 Å². The highest BCUT2D eigenvalue weighted by Crippen LogP contribution is 2.30. The number of amides is 2. The number of aromatic nitrogens is 2. The van der Waals surface area contributed by atoms with Crippen molar-refractivity contribution < 1.29 is 28.5 Å². The third-order valence-corrected chi connectivity index (χ3v) is 11.6. The van der Waals surface area contributed by atoms with E-state index in [2.05, 4.69) is 71.8 Å². The van der Waals surface area contributed by atoms with Crippen LogP contribution in [0.4, 0.5) is 23.0 Å². The quantitative estimate of drug-likeness (QED) is 0.100.